The van der Waals surface area contributed by atoms with E-state index in [2.05, 4.69) is 5.32 Å². The Morgan fingerprint density at radius 1 is 1.38 bits per heavy atom. The van der Waals surface area contributed by atoms with Crippen molar-refractivity contribution in [2.45, 2.75) is 44.8 Å². The summed E-state index contributed by atoms with van der Waals surface area (Å²) in [5.41, 5.74) is 1.12. The van der Waals surface area contributed by atoms with Gasteiger partial charge in [0.2, 0.25) is 5.91 Å². The number of rotatable bonds is 8. The Labute approximate surface area is 126 Å². The number of nitrogens with one attached hydrogen (secondary N) is 1. The van der Waals surface area contributed by atoms with Crippen LogP contribution in [0.3, 0.4) is 0 Å². The zero-order valence-corrected chi connectivity index (χ0v) is 12.6. The summed E-state index contributed by atoms with van der Waals surface area (Å²) in [6.07, 6.45) is 3.49. The lowest BCUT2D eigenvalue weighted by Crippen LogP contribution is -2.42. The maximum Gasteiger partial charge on any atom is 0.220 e. The molecule has 1 saturated carbocycles. The van der Waals surface area contributed by atoms with Crippen molar-refractivity contribution in [3.05, 3.63) is 35.9 Å². The van der Waals surface area contributed by atoms with Gasteiger partial charge < -0.3 is 15.2 Å². The molecule has 0 aliphatic heterocycles. The van der Waals surface area contributed by atoms with Crippen LogP contribution in [0.25, 0.3) is 0 Å². The van der Waals surface area contributed by atoms with E-state index in [4.69, 9.17) is 4.74 Å². The molecule has 0 bridgehead atoms. The summed E-state index contributed by atoms with van der Waals surface area (Å²) in [6.45, 7) is 2.70. The first-order chi connectivity index (χ1) is 10.2. The third-order valence-corrected chi connectivity index (χ3v) is 3.98. The van der Waals surface area contributed by atoms with Gasteiger partial charge in [0, 0.05) is 13.0 Å². The van der Waals surface area contributed by atoms with Crippen LogP contribution in [0, 0.1) is 5.92 Å². The van der Waals surface area contributed by atoms with Crippen LogP contribution in [-0.2, 0) is 16.0 Å². The number of aliphatic hydroxyl groups is 1. The Kier molecular flexibility index (Phi) is 6.21. The van der Waals surface area contributed by atoms with Crippen molar-refractivity contribution in [1.82, 2.24) is 5.32 Å². The molecule has 0 radical (unpaired) electrons. The molecule has 1 aliphatic carbocycles. The number of aliphatic hydroxyl groups excluding tert-OH is 1. The van der Waals surface area contributed by atoms with Gasteiger partial charge in [-0.25, -0.2) is 0 Å². The fraction of sp³-hybridized carbons (Fsp3) is 0.588. The molecule has 1 fully saturated rings. The number of carbonyl (C=O) groups is 1. The Balaban J connectivity index is 1.71. The van der Waals surface area contributed by atoms with Gasteiger partial charge in [-0.05, 0) is 37.7 Å². The van der Waals surface area contributed by atoms with E-state index in [1.165, 1.54) is 0 Å². The van der Waals surface area contributed by atoms with E-state index in [1.807, 2.05) is 37.3 Å². The van der Waals surface area contributed by atoms with Crippen LogP contribution >= 0.6 is 0 Å². The van der Waals surface area contributed by atoms with Gasteiger partial charge in [0.25, 0.3) is 0 Å². The quantitative estimate of drug-likeness (QED) is 0.769. The third kappa shape index (κ3) is 5.14. The molecule has 1 aliphatic rings. The molecule has 1 aromatic rings. The largest absolute Gasteiger partial charge is 0.394 e. The lowest BCUT2D eigenvalue weighted by Gasteiger charge is -2.34. The van der Waals surface area contributed by atoms with Crippen LogP contribution in [0.2, 0.25) is 0 Å². The van der Waals surface area contributed by atoms with Gasteiger partial charge in [0.15, 0.2) is 0 Å². The first-order valence-corrected chi connectivity index (χ1v) is 7.77. The number of carbonyl (C=O) groups excluding carboxylic acids is 1. The van der Waals surface area contributed by atoms with E-state index in [1.54, 1.807) is 0 Å². The molecular weight excluding hydrogens is 266 g/mol. The van der Waals surface area contributed by atoms with E-state index >= 15 is 0 Å². The smallest absolute Gasteiger partial charge is 0.220 e. The minimum atomic E-state index is -0.206. The van der Waals surface area contributed by atoms with Gasteiger partial charge in [-0.2, -0.15) is 0 Å². The van der Waals surface area contributed by atoms with Crippen molar-refractivity contribution in [3.8, 4) is 0 Å². The maximum absolute atomic E-state index is 12.0. The predicted octanol–water partition coefficient (Wildman–Crippen LogP) is 1.91. The van der Waals surface area contributed by atoms with Crippen LogP contribution in [-0.4, -0.2) is 36.4 Å². The average molecular weight is 291 g/mol. The highest BCUT2D eigenvalue weighted by Crippen LogP contribution is 2.32. The molecule has 2 rings (SSSR count). The molecule has 116 valence electrons. The predicted molar refractivity (Wildman–Crippen MR) is 81.9 cm³/mol. The average Bonchev–Trinajstić information content (AvgIpc) is 2.45. The topological polar surface area (TPSA) is 58.6 Å². The van der Waals surface area contributed by atoms with Gasteiger partial charge in [0.05, 0.1) is 18.8 Å². The summed E-state index contributed by atoms with van der Waals surface area (Å²) in [7, 11) is 0. The first-order valence-electron chi connectivity index (χ1n) is 7.77. The van der Waals surface area contributed by atoms with Crippen molar-refractivity contribution in [2.24, 2.45) is 5.92 Å². The monoisotopic (exact) mass is 291 g/mol. The molecule has 4 heteroatoms. The van der Waals surface area contributed by atoms with Gasteiger partial charge in [-0.1, -0.05) is 30.3 Å². The van der Waals surface area contributed by atoms with Crippen LogP contribution in [0.15, 0.2) is 30.3 Å². The zero-order chi connectivity index (χ0) is 15.1. The summed E-state index contributed by atoms with van der Waals surface area (Å²) >= 11 is 0. The van der Waals surface area contributed by atoms with E-state index in [0.717, 1.165) is 25.0 Å². The van der Waals surface area contributed by atoms with Crippen molar-refractivity contribution >= 4 is 5.91 Å². The highest BCUT2D eigenvalue weighted by atomic mass is 16.5. The van der Waals surface area contributed by atoms with Gasteiger partial charge >= 0.3 is 0 Å². The molecule has 1 amide bonds. The molecular formula is C17H25NO3. The Bertz CT molecular complexity index is 429. The van der Waals surface area contributed by atoms with Crippen LogP contribution in [0.4, 0.5) is 0 Å². The molecule has 21 heavy (non-hydrogen) atoms. The van der Waals surface area contributed by atoms with Crippen molar-refractivity contribution in [3.63, 3.8) is 0 Å². The second-order valence-electron chi connectivity index (χ2n) is 5.76. The Hall–Kier alpha value is -1.39. The number of amides is 1. The van der Waals surface area contributed by atoms with Gasteiger partial charge in [0.1, 0.15) is 0 Å². The lowest BCUT2D eigenvalue weighted by atomic mass is 9.80. The molecule has 1 atom stereocenters. The molecule has 0 heterocycles. The third-order valence-electron chi connectivity index (χ3n) is 3.98. The minimum Gasteiger partial charge on any atom is -0.394 e. The van der Waals surface area contributed by atoms with Crippen molar-refractivity contribution in [1.29, 1.82) is 0 Å². The fourth-order valence-corrected chi connectivity index (χ4v) is 2.82. The molecule has 1 aromatic carbocycles. The van der Waals surface area contributed by atoms with Crippen molar-refractivity contribution in [2.75, 3.05) is 13.2 Å². The van der Waals surface area contributed by atoms with Crippen molar-refractivity contribution < 1.29 is 14.6 Å². The summed E-state index contributed by atoms with van der Waals surface area (Å²) in [6, 6.07) is 9.70. The Morgan fingerprint density at radius 3 is 2.71 bits per heavy atom. The highest BCUT2D eigenvalue weighted by molar-refractivity contribution is 5.76. The Morgan fingerprint density at radius 2 is 2.10 bits per heavy atom. The van der Waals surface area contributed by atoms with Gasteiger partial charge in [-0.15, -0.1) is 0 Å². The van der Waals surface area contributed by atoms with E-state index in [0.29, 0.717) is 24.9 Å². The molecule has 0 aromatic heterocycles. The second-order valence-corrected chi connectivity index (χ2v) is 5.76. The fourth-order valence-electron chi connectivity index (χ4n) is 2.82. The van der Waals surface area contributed by atoms with E-state index in [9.17, 15) is 9.90 Å². The summed E-state index contributed by atoms with van der Waals surface area (Å²) in [5.74, 6) is 0.461. The van der Waals surface area contributed by atoms with Crippen LogP contribution in [0.1, 0.15) is 31.7 Å². The van der Waals surface area contributed by atoms with Gasteiger partial charge in [-0.3, -0.25) is 4.79 Å². The normalized spacial score (nSPS) is 22.4. The number of hydrogen-bond acceptors (Lipinski definition) is 3. The molecule has 0 spiro atoms. The minimum absolute atomic E-state index is 0.0323. The zero-order valence-electron chi connectivity index (χ0n) is 12.6. The molecule has 2 N–H and O–H groups in total. The number of hydrogen-bond donors (Lipinski definition) is 2. The first kappa shape index (κ1) is 16.0. The maximum atomic E-state index is 12.0. The number of ether oxygens (including phenoxy) is 1. The summed E-state index contributed by atoms with van der Waals surface area (Å²) in [4.78, 5) is 12.0. The molecule has 0 unspecified atom stereocenters. The lowest BCUT2D eigenvalue weighted by molar-refractivity contribution is -0.125. The van der Waals surface area contributed by atoms with Crippen LogP contribution < -0.4 is 5.32 Å². The van der Waals surface area contributed by atoms with E-state index < -0.39 is 0 Å². The molecule has 4 nitrogen and oxygen atoms in total. The highest BCUT2D eigenvalue weighted by Gasteiger charge is 2.31. The van der Waals surface area contributed by atoms with E-state index in [-0.39, 0.29) is 18.6 Å². The standard InChI is InChI=1S/C17H25NO3/c1-2-21-16-9-14(10-16)11-17(20)18-15(12-19)8-13-6-4-3-5-7-13/h3-7,14-16,19H,2,8-12H2,1H3,(H,18,20)/t14?,15-,16?/m0/s1. The van der Waals surface area contributed by atoms with Crippen LogP contribution in [0.5, 0.6) is 0 Å². The molecule has 0 saturated heterocycles. The SMILES string of the molecule is CCOC1CC(CC(=O)N[C@H](CO)Cc2ccccc2)C1. The number of benzene rings is 1. The second kappa shape index (κ2) is 8.15. The summed E-state index contributed by atoms with van der Waals surface area (Å²) < 4.78 is 5.50. The summed E-state index contributed by atoms with van der Waals surface area (Å²) in [5, 5.41) is 12.4.